The van der Waals surface area contributed by atoms with E-state index in [2.05, 4.69) is 37.6 Å². The van der Waals surface area contributed by atoms with Crippen LogP contribution in [-0.4, -0.2) is 36.0 Å². The molecule has 0 aliphatic carbocycles. The van der Waals surface area contributed by atoms with E-state index in [1.165, 1.54) is 37.2 Å². The molecule has 7 nitrogen and oxygen atoms in total. The van der Waals surface area contributed by atoms with Gasteiger partial charge in [0, 0.05) is 24.5 Å². The molecule has 9 heteroatoms. The zero-order valence-electron chi connectivity index (χ0n) is 19.9. The number of halogens is 2. The van der Waals surface area contributed by atoms with Crippen molar-refractivity contribution in [1.29, 1.82) is 0 Å². The summed E-state index contributed by atoms with van der Waals surface area (Å²) >= 11 is 0. The first-order valence-corrected chi connectivity index (χ1v) is 11.1. The molecule has 0 saturated carbocycles. The maximum absolute atomic E-state index is 14.5. The molecule has 0 unspecified atom stereocenters. The van der Waals surface area contributed by atoms with Crippen molar-refractivity contribution in [2.75, 3.05) is 11.9 Å². The predicted molar refractivity (Wildman–Crippen MR) is 132 cm³/mol. The monoisotopic (exact) mass is 468 g/mol. The van der Waals surface area contributed by atoms with Gasteiger partial charge in [0.05, 0.1) is 0 Å². The van der Waals surface area contributed by atoms with Crippen LogP contribution in [0.5, 0.6) is 0 Å². The Bertz CT molecular complexity index is 1130. The first-order chi connectivity index (χ1) is 16.1. The number of hydrogen-bond donors (Lipinski definition) is 3. The van der Waals surface area contributed by atoms with Gasteiger partial charge in [-0.05, 0) is 82.8 Å². The number of carbonyl (C=O) groups is 1. The molecular formula is C25H30F2N6O. The lowest BCUT2D eigenvalue weighted by atomic mass is 10.0. The Hall–Kier alpha value is -3.46. The summed E-state index contributed by atoms with van der Waals surface area (Å²) in [6.07, 6.45) is 2.16. The highest BCUT2D eigenvalue weighted by Gasteiger charge is 2.26. The Kier molecular flexibility index (Phi) is 7.88. The van der Waals surface area contributed by atoms with E-state index in [1.807, 2.05) is 32.0 Å². The van der Waals surface area contributed by atoms with Gasteiger partial charge in [0.2, 0.25) is 0 Å². The number of nitrogens with zero attached hydrogens (tertiary/aromatic N) is 3. The average Bonchev–Trinajstić information content (AvgIpc) is 2.77. The van der Waals surface area contributed by atoms with Gasteiger partial charge in [-0.25, -0.2) is 18.8 Å². The summed E-state index contributed by atoms with van der Waals surface area (Å²) in [4.78, 5) is 25.2. The summed E-state index contributed by atoms with van der Waals surface area (Å²) < 4.78 is 28.7. The minimum Gasteiger partial charge on any atom is -0.350 e. The summed E-state index contributed by atoms with van der Waals surface area (Å²) in [6.45, 7) is 11.2. The van der Waals surface area contributed by atoms with E-state index in [9.17, 15) is 13.6 Å². The number of fused-ring (bicyclic) bond motifs is 1. The highest BCUT2D eigenvalue weighted by atomic mass is 19.1. The van der Waals surface area contributed by atoms with Crippen LogP contribution in [0.25, 0.3) is 0 Å². The standard InChI is InChI=1S/C25H30F2N6O/c1-15(2)30-24(34)19(14-28-5)23(31-18-7-6-17-13-29-11-10-16(17)12-18)33-21-9-8-20(26)22(32-21)25(3,4)27/h6-9,12,14-15,29H,5,10-11,13H2,1-4H3,(H,30,34)(H,31,32,33)/b19-14+. The van der Waals surface area contributed by atoms with Gasteiger partial charge in [0.25, 0.3) is 5.91 Å². The lowest BCUT2D eigenvalue weighted by molar-refractivity contribution is -0.117. The van der Waals surface area contributed by atoms with Gasteiger partial charge in [-0.15, -0.1) is 0 Å². The van der Waals surface area contributed by atoms with Crippen LogP contribution in [0.2, 0.25) is 0 Å². The van der Waals surface area contributed by atoms with Crippen LogP contribution < -0.4 is 16.0 Å². The Morgan fingerprint density at radius 1 is 1.26 bits per heavy atom. The van der Waals surface area contributed by atoms with Crippen molar-refractivity contribution >= 4 is 30.0 Å². The molecule has 1 aliphatic heterocycles. The van der Waals surface area contributed by atoms with E-state index >= 15 is 0 Å². The smallest absolute Gasteiger partial charge is 0.256 e. The van der Waals surface area contributed by atoms with E-state index < -0.39 is 17.4 Å². The number of nitrogens with one attached hydrogen (secondary N) is 3. The van der Waals surface area contributed by atoms with Crippen molar-refractivity contribution in [3.8, 4) is 0 Å². The molecule has 2 aromatic rings. The summed E-state index contributed by atoms with van der Waals surface area (Å²) in [7, 11) is 0. The molecule has 3 rings (SSSR count). The second-order valence-corrected chi connectivity index (χ2v) is 8.82. The molecule has 1 aromatic heterocycles. The fourth-order valence-electron chi connectivity index (χ4n) is 3.53. The third-order valence-electron chi connectivity index (χ3n) is 5.12. The minimum absolute atomic E-state index is 0.0408. The molecule has 1 aromatic carbocycles. The zero-order chi connectivity index (χ0) is 24.9. The van der Waals surface area contributed by atoms with Crippen molar-refractivity contribution in [2.24, 2.45) is 9.98 Å². The van der Waals surface area contributed by atoms with Crippen molar-refractivity contribution in [3.05, 3.63) is 64.7 Å². The first-order valence-electron chi connectivity index (χ1n) is 11.1. The van der Waals surface area contributed by atoms with Crippen molar-refractivity contribution in [2.45, 2.75) is 52.4 Å². The largest absolute Gasteiger partial charge is 0.350 e. The number of carbonyl (C=O) groups excluding carboxylic acids is 1. The first kappa shape index (κ1) is 25.2. The molecule has 2 heterocycles. The number of pyridine rings is 1. The Balaban J connectivity index is 2.09. The third-order valence-corrected chi connectivity index (χ3v) is 5.12. The lowest BCUT2D eigenvalue weighted by Crippen LogP contribution is -2.35. The van der Waals surface area contributed by atoms with Gasteiger partial charge in [-0.3, -0.25) is 9.79 Å². The molecule has 34 heavy (non-hydrogen) atoms. The van der Waals surface area contributed by atoms with Crippen molar-refractivity contribution in [3.63, 3.8) is 0 Å². The van der Waals surface area contributed by atoms with Crippen LogP contribution in [-0.2, 0) is 23.4 Å². The van der Waals surface area contributed by atoms with E-state index in [0.29, 0.717) is 5.69 Å². The van der Waals surface area contributed by atoms with Crippen LogP contribution in [0.15, 0.2) is 52.1 Å². The number of rotatable bonds is 7. The Labute approximate surface area is 198 Å². The maximum atomic E-state index is 14.5. The quantitative estimate of drug-likeness (QED) is 0.321. The summed E-state index contributed by atoms with van der Waals surface area (Å²) in [5, 5.41) is 9.31. The molecule has 0 atom stereocenters. The van der Waals surface area contributed by atoms with E-state index in [0.717, 1.165) is 25.6 Å². The number of anilines is 1. The van der Waals surface area contributed by atoms with Crippen LogP contribution in [0, 0.1) is 5.82 Å². The van der Waals surface area contributed by atoms with Gasteiger partial charge < -0.3 is 16.0 Å². The van der Waals surface area contributed by atoms with E-state index in [-0.39, 0.29) is 29.0 Å². The van der Waals surface area contributed by atoms with Crippen LogP contribution in [0.1, 0.15) is 44.5 Å². The molecule has 0 saturated heterocycles. The average molecular weight is 469 g/mol. The molecule has 0 spiro atoms. The second-order valence-electron chi connectivity index (χ2n) is 8.82. The van der Waals surface area contributed by atoms with E-state index in [4.69, 9.17) is 0 Å². The normalized spacial score (nSPS) is 14.6. The van der Waals surface area contributed by atoms with Crippen LogP contribution in [0.3, 0.4) is 0 Å². The van der Waals surface area contributed by atoms with Crippen molar-refractivity contribution in [1.82, 2.24) is 15.6 Å². The fraction of sp³-hybridized carbons (Fsp3) is 0.360. The van der Waals surface area contributed by atoms with Crippen molar-refractivity contribution < 1.29 is 13.6 Å². The summed E-state index contributed by atoms with van der Waals surface area (Å²) in [5.74, 6) is -1.03. The Morgan fingerprint density at radius 2 is 2.03 bits per heavy atom. The van der Waals surface area contributed by atoms with Crippen LogP contribution in [0.4, 0.5) is 20.3 Å². The molecular weight excluding hydrogens is 438 g/mol. The van der Waals surface area contributed by atoms with Gasteiger partial charge >= 0.3 is 0 Å². The SMILES string of the molecule is C=N/C=C(/C(=O)NC(C)C)C(=Nc1ccc(F)c(C(C)(C)F)n1)Nc1ccc2c(c1)CCNC2. The summed E-state index contributed by atoms with van der Waals surface area (Å²) in [6, 6.07) is 8.18. The molecule has 0 fully saturated rings. The van der Waals surface area contributed by atoms with Gasteiger partial charge in [-0.1, -0.05) is 6.07 Å². The number of alkyl halides is 1. The number of amides is 1. The molecule has 1 aliphatic rings. The topological polar surface area (TPSA) is 90.8 Å². The molecule has 180 valence electrons. The molecule has 0 bridgehead atoms. The zero-order valence-corrected chi connectivity index (χ0v) is 19.9. The minimum atomic E-state index is -2.01. The second kappa shape index (κ2) is 10.6. The van der Waals surface area contributed by atoms with Gasteiger partial charge in [-0.2, -0.15) is 0 Å². The highest BCUT2D eigenvalue weighted by Crippen LogP contribution is 2.28. The van der Waals surface area contributed by atoms with E-state index in [1.54, 1.807) is 0 Å². The third kappa shape index (κ3) is 6.32. The summed E-state index contributed by atoms with van der Waals surface area (Å²) in [5.41, 5.74) is 0.824. The number of amidine groups is 1. The maximum Gasteiger partial charge on any atom is 0.256 e. The van der Waals surface area contributed by atoms with Gasteiger partial charge in [0.1, 0.15) is 28.6 Å². The molecule has 3 N–H and O–H groups in total. The lowest BCUT2D eigenvalue weighted by Gasteiger charge is -2.20. The van der Waals surface area contributed by atoms with Crippen LogP contribution >= 0.6 is 0 Å². The highest BCUT2D eigenvalue weighted by molar-refractivity contribution is 6.25. The fourth-order valence-corrected chi connectivity index (χ4v) is 3.53. The number of aromatic nitrogens is 1. The molecule has 0 radical (unpaired) electrons. The Morgan fingerprint density at radius 3 is 2.71 bits per heavy atom. The number of aliphatic imine (C=N–C) groups is 2. The number of hydrogen-bond acceptors (Lipinski definition) is 5. The molecule has 1 amide bonds. The predicted octanol–water partition coefficient (Wildman–Crippen LogP) is 4.32. The number of benzene rings is 1. The van der Waals surface area contributed by atoms with Gasteiger partial charge in [0.15, 0.2) is 5.82 Å².